The normalized spacial score (nSPS) is 14.2. The molecule has 47 nitrogen and oxygen atoms in total. The molecule has 0 aliphatic carbocycles. The number of hydrogen-bond acceptors (Lipinski definition) is 25. The number of guanidine groups is 3. The summed E-state index contributed by atoms with van der Waals surface area (Å²) in [4.78, 5) is 235. The number of carboxylic acid groups (broad SMARTS) is 1. The average molecular weight is 1990 g/mol. The van der Waals surface area contributed by atoms with E-state index >= 15 is 28.8 Å². The number of carbonyl (C=O) groups is 16. The minimum Gasteiger partial charge on any atom is -0.480 e. The number of thioether (sulfide) groups is 1. The Labute approximate surface area is 822 Å². The fraction of sp³-hybridized carbons (Fsp3) is 0.549. The molecule has 0 fully saturated rings. The molecule has 14 atom stereocenters. The Hall–Kier alpha value is -13.4. The topological polar surface area (TPSA) is 809 Å². The van der Waals surface area contributed by atoms with Crippen LogP contribution in [0.1, 0.15) is 159 Å². The molecule has 0 aliphatic rings. The summed E-state index contributed by atoms with van der Waals surface area (Å²) in [6, 6.07) is 2.50. The maximum absolute atomic E-state index is 15.6. The molecule has 0 bridgehead atoms. The lowest BCUT2D eigenvalue weighted by Crippen LogP contribution is -2.61. The largest absolute Gasteiger partial charge is 0.480 e. The Morgan fingerprint density at radius 3 is 1.05 bits per heavy atom. The minimum absolute atomic E-state index is 0.00133. The standard InChI is InChI=1S/C91H144N30O17S2/c1-51(2)43-69(76(125)108-49-74(123)109-52(3)88(137)138)118-80(129)63(29-14-17-38-94)111-77(126)62(28-13-16-37-93)112-84(133)68(35-42-140-4)117-79(128)64(30-18-39-103-89(97)98)114-85(134)70(45-54-47-106-59-25-10-8-23-56(54)59)120-83(132)67(33-34-73(96)122)116-86(135)71(46-55-48-107-60-26-11-9-24-57(55)60)119-81(130)66(32-20-41-105-91(101)102)113-78(127)65(31-19-40-104-90(99)100)115-87(136)72(50-139)121-82(131)61(27-12-15-36-92)110-75(124)58(95)44-53-21-6-5-7-22-53/h5-11,21-26,47-48,51-52,58,61-72,106-107,139H,12-20,27-46,49-50,92-95H2,1-4H3,(H2,96,122)(H,108,125)(H,109,123)(H,110,124)(H,111,126)(H,112,133)(H,113,127)(H,114,134)(H,115,136)(H,116,135)(H,117,128)(H,118,129)(H,119,130)(H,120,132)(H,121,131)(H,137,138)(H4,97,98,103)(H4,99,100,104)(H4,101,102,105)/t52-,58-,61-,62-,63-,64-,65-,66-,67-,68-,69-,70-,71-,72-/m0/s1. The number of para-hydroxylation sites is 2. The Kier molecular flexibility index (Phi) is 52.9. The van der Waals surface area contributed by atoms with Crippen LogP contribution in [0.25, 0.3) is 21.8 Å². The number of hydrogen-bond donors (Lipinski definition) is 32. The van der Waals surface area contributed by atoms with Gasteiger partial charge in [-0.25, -0.2) is 0 Å². The molecule has 3 aromatic carbocycles. The third kappa shape index (κ3) is 42.9. The predicted molar refractivity (Wildman–Crippen MR) is 534 cm³/mol. The molecule has 0 spiro atoms. The average Bonchev–Trinajstić information content (AvgIpc) is 1.68. The van der Waals surface area contributed by atoms with Crippen molar-refractivity contribution in [3.8, 4) is 0 Å². The summed E-state index contributed by atoms with van der Waals surface area (Å²) in [6.45, 7) is 4.77. The van der Waals surface area contributed by atoms with Gasteiger partial charge in [0.1, 0.15) is 78.5 Å². The molecule has 2 heterocycles. The van der Waals surface area contributed by atoms with Crippen molar-refractivity contribution in [1.82, 2.24) is 100 Å². The fourth-order valence-electron chi connectivity index (χ4n) is 15.0. The van der Waals surface area contributed by atoms with Gasteiger partial charge in [0.15, 0.2) is 17.9 Å². The van der Waals surface area contributed by atoms with Gasteiger partial charge >= 0.3 is 5.97 Å². The number of carboxylic acids is 1. The van der Waals surface area contributed by atoms with Crippen molar-refractivity contribution in [2.24, 2.45) is 51.8 Å². The van der Waals surface area contributed by atoms with Crippen molar-refractivity contribution in [3.63, 3.8) is 0 Å². The van der Waals surface area contributed by atoms with Crippen molar-refractivity contribution in [2.75, 3.05) is 63.6 Å². The second kappa shape index (κ2) is 63.2. The van der Waals surface area contributed by atoms with Gasteiger partial charge in [-0.1, -0.05) is 80.6 Å². The first-order chi connectivity index (χ1) is 66.8. The molecule has 49 heteroatoms. The Morgan fingerprint density at radius 1 is 0.379 bits per heavy atom. The molecular weight excluding hydrogens is 1850 g/mol. The van der Waals surface area contributed by atoms with Crippen molar-refractivity contribution in [2.45, 2.75) is 247 Å². The predicted octanol–water partition coefficient (Wildman–Crippen LogP) is -4.30. The quantitative estimate of drug-likeness (QED) is 0.00758. The number of aliphatic carboxylic acids is 1. The highest BCUT2D eigenvalue weighted by molar-refractivity contribution is 7.98. The van der Waals surface area contributed by atoms with E-state index in [0.717, 1.165) is 5.56 Å². The van der Waals surface area contributed by atoms with Crippen LogP contribution in [0, 0.1) is 22.1 Å². The van der Waals surface area contributed by atoms with Crippen molar-refractivity contribution < 1.29 is 81.8 Å². The van der Waals surface area contributed by atoms with Gasteiger partial charge in [0.25, 0.3) is 0 Å². The number of aromatic nitrogens is 2. The highest BCUT2D eigenvalue weighted by Gasteiger charge is 2.39. The zero-order valence-electron chi connectivity index (χ0n) is 79.7. The van der Waals surface area contributed by atoms with Crippen LogP contribution in [-0.2, 0) is 96.0 Å². The molecule has 140 heavy (non-hydrogen) atoms. The number of fused-ring (bicyclic) bond motifs is 2. The summed E-state index contributed by atoms with van der Waals surface area (Å²) in [7, 11) is 0. The van der Waals surface area contributed by atoms with Crippen LogP contribution in [0.15, 0.2) is 91.3 Å². The first-order valence-electron chi connectivity index (χ1n) is 46.9. The molecule has 2 aromatic heterocycles. The Balaban J connectivity index is 1.52. The first kappa shape index (κ1) is 117. The SMILES string of the molecule is CSCC[C@H](NC(=O)[C@H](CCCNC(=N)N)NC(=O)[C@H](Cc1c[nH]c2ccccc12)NC(=O)[C@H](CCC(N)=O)NC(=O)[C@H](Cc1c[nH]c2ccccc12)NC(=O)[C@H](CCCNC(=N)N)NC(=O)[C@H](CCCNC(=N)N)NC(=O)[C@H](CS)NC(=O)[C@H](CCCCN)NC(=O)[C@@H](N)Cc1ccccc1)C(=O)N[C@@H](CCCCN)C(=O)N[C@@H](CCCCN)C(=O)N[C@@H](CC(C)C)C(=O)NCC(=O)N[C@@H](C)C(=O)O. The highest BCUT2D eigenvalue weighted by Crippen LogP contribution is 2.23. The number of rotatable bonds is 68. The summed E-state index contributed by atoms with van der Waals surface area (Å²) in [6.07, 6.45) is 4.92. The highest BCUT2D eigenvalue weighted by atomic mass is 32.2. The number of thiol groups is 1. The third-order valence-corrected chi connectivity index (χ3v) is 23.6. The lowest BCUT2D eigenvalue weighted by atomic mass is 10.0. The monoisotopic (exact) mass is 1990 g/mol. The van der Waals surface area contributed by atoms with Gasteiger partial charge in [-0.15, -0.1) is 0 Å². The second-order valence-corrected chi connectivity index (χ2v) is 35.8. The van der Waals surface area contributed by atoms with Gasteiger partial charge in [0, 0.05) is 78.8 Å². The van der Waals surface area contributed by atoms with Crippen LogP contribution in [0.5, 0.6) is 0 Å². The van der Waals surface area contributed by atoms with Crippen LogP contribution in [0.3, 0.4) is 0 Å². The van der Waals surface area contributed by atoms with Crippen molar-refractivity contribution in [1.29, 1.82) is 16.2 Å². The maximum atomic E-state index is 15.6. The second-order valence-electron chi connectivity index (χ2n) is 34.4. The van der Waals surface area contributed by atoms with Crippen LogP contribution >= 0.6 is 24.4 Å². The van der Waals surface area contributed by atoms with Gasteiger partial charge in [0.05, 0.1) is 12.6 Å². The number of nitrogens with two attached hydrogens (primary N) is 8. The van der Waals surface area contributed by atoms with Crippen molar-refractivity contribution >= 4 is 159 Å². The summed E-state index contributed by atoms with van der Waals surface area (Å²) < 4.78 is 0. The molecule has 5 aromatic rings. The van der Waals surface area contributed by atoms with Crippen LogP contribution < -0.4 is 136 Å². The third-order valence-electron chi connectivity index (χ3n) is 22.6. The summed E-state index contributed by atoms with van der Waals surface area (Å²) >= 11 is 5.69. The molecule has 15 amide bonds. The van der Waals surface area contributed by atoms with E-state index in [4.69, 9.17) is 62.1 Å². The van der Waals surface area contributed by atoms with Gasteiger partial charge < -0.3 is 151 Å². The van der Waals surface area contributed by atoms with E-state index in [9.17, 15) is 53.1 Å². The van der Waals surface area contributed by atoms with Crippen LogP contribution in [-0.4, -0.2) is 276 Å². The van der Waals surface area contributed by atoms with Crippen LogP contribution in [0.2, 0.25) is 0 Å². The number of nitrogens with one attached hydrogen (secondary N) is 22. The van der Waals surface area contributed by atoms with Gasteiger partial charge in [0.2, 0.25) is 88.6 Å². The van der Waals surface area contributed by atoms with Gasteiger partial charge in [-0.3, -0.25) is 92.9 Å². The number of amides is 15. The molecule has 0 radical (unpaired) electrons. The molecule has 0 saturated carbocycles. The van der Waals surface area contributed by atoms with Crippen molar-refractivity contribution in [3.05, 3.63) is 108 Å². The number of primary amides is 1. The molecule has 0 unspecified atom stereocenters. The summed E-state index contributed by atoms with van der Waals surface area (Å²) in [5.41, 5.74) is 49.5. The van der Waals surface area contributed by atoms with E-state index in [2.05, 4.69) is 113 Å². The molecule has 5 rings (SSSR count). The van der Waals surface area contributed by atoms with E-state index in [-0.39, 0.29) is 153 Å². The molecular formula is C91H144N30O17S2. The number of H-pyrrole nitrogens is 2. The fourth-order valence-corrected chi connectivity index (χ4v) is 15.7. The van der Waals surface area contributed by atoms with E-state index in [1.807, 2.05) is 0 Å². The maximum Gasteiger partial charge on any atom is 0.325 e. The molecule has 0 saturated heterocycles. The minimum atomic E-state index is -1.79. The smallest absolute Gasteiger partial charge is 0.325 e. The Bertz CT molecular complexity index is 4930. The van der Waals surface area contributed by atoms with E-state index in [1.54, 1.807) is 111 Å². The van der Waals surface area contributed by atoms with Gasteiger partial charge in [-0.2, -0.15) is 24.4 Å². The van der Waals surface area contributed by atoms with Gasteiger partial charge in [-0.05, 0) is 195 Å². The van der Waals surface area contributed by atoms with Crippen LogP contribution in [0.4, 0.5) is 0 Å². The molecule has 772 valence electrons. The Morgan fingerprint density at radius 2 is 0.700 bits per heavy atom. The summed E-state index contributed by atoms with van der Waals surface area (Å²) in [5.74, 6) is -16.4. The zero-order valence-corrected chi connectivity index (χ0v) is 81.4. The first-order valence-corrected chi connectivity index (χ1v) is 48.9. The number of carbonyl (C=O) groups excluding carboxylic acids is 15. The molecule has 0 aliphatic heterocycles. The number of benzene rings is 3. The molecule has 39 N–H and O–H groups in total. The van der Waals surface area contributed by atoms with E-state index < -0.39 is 216 Å². The number of unbranched alkanes of at least 4 members (excludes halogenated alkanes) is 3. The zero-order chi connectivity index (χ0) is 103. The summed E-state index contributed by atoms with van der Waals surface area (Å²) in [5, 5.41) is 79.1. The number of aromatic amines is 2. The van der Waals surface area contributed by atoms with E-state index in [1.165, 1.54) is 18.7 Å². The lowest BCUT2D eigenvalue weighted by Gasteiger charge is -2.29. The van der Waals surface area contributed by atoms with E-state index in [0.29, 0.717) is 65.0 Å². The lowest BCUT2D eigenvalue weighted by molar-refractivity contribution is -0.141.